The summed E-state index contributed by atoms with van der Waals surface area (Å²) in [5.41, 5.74) is 32.1. The number of halogens is 3. The van der Waals surface area contributed by atoms with Crippen LogP contribution in [0.25, 0.3) is 22.3 Å². The number of aliphatic carboxylic acids is 1. The molecule has 25 N–H and O–H groups in total. The number of amides is 4. The van der Waals surface area contributed by atoms with E-state index in [1.165, 1.54) is 78.7 Å². The fraction of sp³-hybridized carbons (Fsp3) is 0.671. The van der Waals surface area contributed by atoms with Gasteiger partial charge in [0.1, 0.15) is 126 Å². The molecule has 814 valence electrons. The van der Waals surface area contributed by atoms with E-state index >= 15 is 0 Å². The number of aliphatic hydroxyl groups is 2. The van der Waals surface area contributed by atoms with Crippen LogP contribution >= 0.6 is 74.5 Å². The van der Waals surface area contributed by atoms with Crippen molar-refractivity contribution in [2.45, 2.75) is 271 Å². The molecule has 4 fully saturated rings. The topological polar surface area (TPSA) is 860 Å². The van der Waals surface area contributed by atoms with Crippen molar-refractivity contribution in [1.82, 2.24) is 79.4 Å². The fourth-order valence-electron chi connectivity index (χ4n) is 13.4. The molecular weight excluding hydrogens is 2110 g/mol. The van der Waals surface area contributed by atoms with Crippen LogP contribution in [-0.2, 0) is 107 Å². The summed E-state index contributed by atoms with van der Waals surface area (Å²) < 4.78 is 163. The molecule has 69 heteroatoms. The molecule has 4 saturated heterocycles. The van der Waals surface area contributed by atoms with Gasteiger partial charge >= 0.3 is 78.9 Å². The number of nitrogen functional groups attached to an aromatic ring is 4. The largest absolute Gasteiger partial charge is 0.490 e. The van der Waals surface area contributed by atoms with E-state index in [0.717, 1.165) is 21.8 Å². The van der Waals surface area contributed by atoms with E-state index in [2.05, 4.69) is 91.0 Å². The highest BCUT2D eigenvalue weighted by Gasteiger charge is 2.54. The number of carboxylic acid groups (broad SMARTS) is 1. The number of aliphatic hydroxyl groups excluding tert-OH is 2. The van der Waals surface area contributed by atoms with Crippen molar-refractivity contribution in [2.24, 2.45) is 11.5 Å². The Labute approximate surface area is 839 Å². The first-order chi connectivity index (χ1) is 67.1. The number of alkyl carbamates (subject to hydrolysis) is 2. The molecule has 6 aromatic heterocycles. The SMILES string of the molecule is CC(C)(C)OC(=O)N[C@@H](CSSC(C)(C)C)C(=O)NCCCC[C@H](NC(=O)OC(C)(C)C)C(=O)O[C@H]1[C@@H](O)[C@H](n2cnc3c(N)ncnc32)O[C@@H]1COP(=O)(O)O[C@H]1C[C@H](n2ccc(N)nc2=O)O[C@@H]1COP(=O)(O)O.CC(C)(C)SSC[C@H](N)C(=O)NCCCC[C@H](N)C(=O)O[C@H]1[C@@H](O)[C@H](n2cnc3c(N)ncnc32)O[C@@H]1COP(=O)(O)O[C@H]1C[C@H](n2ccc(N)nc2=O)O[C@@H]1COP(=O)(O)O.O=C(O)C(F)(F)F. The molecule has 0 bridgehead atoms. The number of carbonyl (C=O) groups excluding carboxylic acids is 6. The molecule has 0 aromatic carbocycles. The lowest BCUT2D eigenvalue weighted by atomic mass is 10.1. The van der Waals surface area contributed by atoms with E-state index < -0.39 is 233 Å². The quantitative estimate of drug-likeness (QED) is 0.00859. The smallest absolute Gasteiger partial charge is 0.475 e. The number of alkyl halides is 3. The van der Waals surface area contributed by atoms with E-state index in [1.54, 1.807) is 52.3 Å². The highest BCUT2D eigenvalue weighted by molar-refractivity contribution is 8.77. The predicted molar refractivity (Wildman–Crippen MR) is 509 cm³/mol. The van der Waals surface area contributed by atoms with Gasteiger partial charge in [0, 0.05) is 59.3 Å². The first-order valence-electron chi connectivity index (χ1n) is 43.8. The zero-order chi connectivity index (χ0) is 108. The molecule has 0 spiro atoms. The second-order valence-electron chi connectivity index (χ2n) is 36.2. The van der Waals surface area contributed by atoms with Crippen molar-refractivity contribution in [3.63, 3.8) is 0 Å². The third-order valence-corrected chi connectivity index (χ3v) is 29.4. The third kappa shape index (κ3) is 39.3. The van der Waals surface area contributed by atoms with Crippen LogP contribution in [-0.4, -0.2) is 308 Å². The van der Waals surface area contributed by atoms with E-state index in [0.29, 0.717) is 18.6 Å². The molecule has 0 saturated carbocycles. The zero-order valence-corrected chi connectivity index (χ0v) is 86.6. The minimum atomic E-state index is -5.30. The van der Waals surface area contributed by atoms with E-state index in [1.807, 2.05) is 20.8 Å². The van der Waals surface area contributed by atoms with Crippen molar-refractivity contribution in [1.29, 1.82) is 0 Å². The van der Waals surface area contributed by atoms with Crippen LogP contribution in [0, 0.1) is 0 Å². The molecule has 10 heterocycles. The van der Waals surface area contributed by atoms with Crippen molar-refractivity contribution < 1.29 is 175 Å². The Morgan fingerprint density at radius 2 is 0.897 bits per heavy atom. The van der Waals surface area contributed by atoms with Gasteiger partial charge < -0.3 is 138 Å². The molecular formula is C76H119F3N22O36P4S4. The number of nitrogens with two attached hydrogens (primary N) is 6. The van der Waals surface area contributed by atoms with Crippen LogP contribution in [0.5, 0.6) is 0 Å². The van der Waals surface area contributed by atoms with Crippen molar-refractivity contribution in [3.8, 4) is 0 Å². The Morgan fingerprint density at radius 1 is 0.510 bits per heavy atom. The molecule has 4 aliphatic heterocycles. The van der Waals surface area contributed by atoms with E-state index in [9.17, 15) is 109 Å². The average molecular weight is 2230 g/mol. The van der Waals surface area contributed by atoms with Crippen molar-refractivity contribution in [2.75, 3.05) is 74.0 Å². The fourth-order valence-corrected chi connectivity index (χ4v) is 20.9. The van der Waals surface area contributed by atoms with Gasteiger partial charge in [-0.1, -0.05) is 84.7 Å². The lowest BCUT2D eigenvalue weighted by Gasteiger charge is -2.26. The highest BCUT2D eigenvalue weighted by Crippen LogP contribution is 2.53. The standard InChI is InChI=1S/C42H67N11O19P2S2.C32H51N11O15P2S2.C2HF3O2/c1-40(2,3)70-38(58)49-22(12-10-11-14-45-34(55)23(19-75-76-42(7,8)9)50-39(59)71-41(4,5)6)36(56)69-31-26(68-35(30(31)54)53-21-48-29-32(44)46-20-47-33(29)53)18-66-74(63,64)72-24-16-28(52-15-13-27(43)51-37(52)57)67-25(24)17-65-73(60,61)62;1-32(2,3)62-61-13-17(34)28(45)37-8-5-4-6-16(33)30(46)57-25-20(56-29(24(25)44)43-15-40-23-26(36)38-14-39-27(23)43)12-54-60(51,52)58-18-10-22(42-9-7-21(35)41-31(42)47)55-19(18)11-53-59(48,49)50;3-2(4,5)1(6)7/h13,15,20-26,28,30-31,35,54H,10-12,14,16-19H2,1-9H3,(H,45,55)(H,49,58)(H,50,59)(H,63,64)(H2,43,51,57)(H2,44,46,47)(H2,60,61,62);7,9,14-20,22,24-25,29,44H,4-6,8,10-13,33-34H2,1-3H3,(H,37,45)(H,51,52)(H2,35,41,47)(H2,36,38,39)(H2,48,49,50);(H,6,7)/t22-,23-,24-,25+,26+,28+,30+,31+,35+;16-,17-,18-,19+,20+,22+,24+,25+,29+;/m00./s1. The summed E-state index contributed by atoms with van der Waals surface area (Å²) in [7, 11) is -14.6. The van der Waals surface area contributed by atoms with Crippen LogP contribution in [0.1, 0.15) is 159 Å². The van der Waals surface area contributed by atoms with Gasteiger partial charge in [-0.15, -0.1) is 0 Å². The van der Waals surface area contributed by atoms with Gasteiger partial charge in [-0.25, -0.2) is 76.9 Å². The molecule has 6 aromatic rings. The second-order valence-corrected chi connectivity index (χ2v) is 47.9. The zero-order valence-electron chi connectivity index (χ0n) is 79.8. The minimum absolute atomic E-state index is 0.0131. The number of rotatable bonds is 44. The molecule has 4 amide bonds. The van der Waals surface area contributed by atoms with Crippen LogP contribution in [0.15, 0.2) is 59.4 Å². The van der Waals surface area contributed by atoms with Crippen molar-refractivity contribution >= 4 is 162 Å². The monoisotopic (exact) mass is 2220 g/mol. The number of phosphoric ester groups is 4. The molecule has 0 radical (unpaired) electrons. The lowest BCUT2D eigenvalue weighted by Crippen LogP contribution is -2.49. The van der Waals surface area contributed by atoms with Crippen molar-refractivity contribution in [3.05, 3.63) is 70.8 Å². The Kier molecular flexibility index (Phi) is 43.7. The number of fused-ring (bicyclic) bond motifs is 2. The number of aromatic nitrogens is 12. The number of unbranched alkanes of at least 4 members (excludes halogenated alkanes) is 2. The maximum absolute atomic E-state index is 14.2. The van der Waals surface area contributed by atoms with Crippen LogP contribution in [0.4, 0.5) is 46.0 Å². The molecule has 10 rings (SSSR count). The molecule has 20 atom stereocenters. The van der Waals surface area contributed by atoms with Gasteiger partial charge in [0.15, 0.2) is 47.6 Å². The number of ether oxygens (including phenoxy) is 8. The number of hydrogen-bond acceptors (Lipinski definition) is 47. The second kappa shape index (κ2) is 52.1. The maximum atomic E-state index is 14.2. The first-order valence-corrected chi connectivity index (χ1v) is 54.5. The van der Waals surface area contributed by atoms with Gasteiger partial charge in [-0.05, 0) is 92.2 Å². The predicted octanol–water partition coefficient (Wildman–Crippen LogP) is 2.64. The summed E-state index contributed by atoms with van der Waals surface area (Å²) in [5.74, 6) is -5.23. The third-order valence-electron chi connectivity index (χ3n) is 19.7. The van der Waals surface area contributed by atoms with E-state index in [-0.39, 0.29) is 118 Å². The number of nitrogens with zero attached hydrogens (tertiary/aromatic N) is 12. The molecule has 58 nitrogen and oxygen atoms in total. The number of phosphoric acid groups is 4. The van der Waals surface area contributed by atoms with Gasteiger partial charge in [0.25, 0.3) is 0 Å². The summed E-state index contributed by atoms with van der Waals surface area (Å²) in [6.07, 6.45) is -20.3. The number of nitrogens with one attached hydrogen (secondary N) is 4. The van der Waals surface area contributed by atoms with Gasteiger partial charge in [0.05, 0.1) is 45.1 Å². The molecule has 2 unspecified atom stereocenters. The van der Waals surface area contributed by atoms with Crippen LogP contribution in [0.2, 0.25) is 0 Å². The number of hydrogen-bond donors (Lipinski definition) is 19. The lowest BCUT2D eigenvalue weighted by molar-refractivity contribution is -0.192. The van der Waals surface area contributed by atoms with Gasteiger partial charge in [0.2, 0.25) is 11.8 Å². The number of imidazole rings is 2. The average Bonchev–Trinajstić information content (AvgIpc) is 1.61. The maximum Gasteiger partial charge on any atom is 0.490 e. The summed E-state index contributed by atoms with van der Waals surface area (Å²) in [4.78, 5) is 204. The Hall–Kier alpha value is -8.74. The number of carbonyl (C=O) groups is 7. The Balaban J connectivity index is 0.000000337. The summed E-state index contributed by atoms with van der Waals surface area (Å²) in [5, 5.41) is 41.2. The minimum Gasteiger partial charge on any atom is -0.475 e. The molecule has 0 aliphatic carbocycles. The summed E-state index contributed by atoms with van der Waals surface area (Å²) in [6, 6.07) is -1.80. The number of esters is 2. The normalized spacial score (nSPS) is 23.2. The van der Waals surface area contributed by atoms with Crippen LogP contribution in [0.3, 0.4) is 0 Å². The van der Waals surface area contributed by atoms with Gasteiger partial charge in [-0.2, -0.15) is 23.1 Å². The Morgan fingerprint density at radius 3 is 1.29 bits per heavy atom. The summed E-state index contributed by atoms with van der Waals surface area (Å²) >= 11 is 0. The van der Waals surface area contributed by atoms with Crippen LogP contribution < -0.4 is 67.0 Å². The number of carboxylic acids is 1. The molecule has 145 heavy (non-hydrogen) atoms. The highest BCUT2D eigenvalue weighted by atomic mass is 33.1. The number of anilines is 4. The first kappa shape index (κ1) is 121. The molecule has 4 aliphatic rings. The van der Waals surface area contributed by atoms with E-state index in [4.69, 9.17) is 100 Å². The summed E-state index contributed by atoms with van der Waals surface area (Å²) in [6.45, 7) is 18.9. The Bertz CT molecular complexity index is 5740. The van der Waals surface area contributed by atoms with Gasteiger partial charge in [-0.3, -0.25) is 59.8 Å².